The minimum absolute atomic E-state index is 0.0589. The predicted molar refractivity (Wildman–Crippen MR) is 181 cm³/mol. The van der Waals surface area contributed by atoms with Crippen molar-refractivity contribution in [3.63, 3.8) is 0 Å². The van der Waals surface area contributed by atoms with E-state index in [0.717, 1.165) is 22.3 Å². The van der Waals surface area contributed by atoms with E-state index < -0.39 is 5.41 Å². The Morgan fingerprint density at radius 1 is 0.600 bits per heavy atom. The molecule has 4 aromatic rings. The van der Waals surface area contributed by atoms with Gasteiger partial charge < -0.3 is 18.9 Å². The lowest BCUT2D eigenvalue weighted by Gasteiger charge is -2.34. The molecule has 45 heavy (non-hydrogen) atoms. The summed E-state index contributed by atoms with van der Waals surface area (Å²) < 4.78 is 21.6. The number of rotatable bonds is 14. The first-order valence-corrected chi connectivity index (χ1v) is 16.0. The van der Waals surface area contributed by atoms with E-state index in [1.165, 1.54) is 22.3 Å². The van der Waals surface area contributed by atoms with Crippen LogP contribution in [0.3, 0.4) is 0 Å². The molecular weight excluding hydrogens is 605 g/mol. The number of esters is 2. The maximum absolute atomic E-state index is 11.8. The van der Waals surface area contributed by atoms with E-state index in [9.17, 15) is 9.59 Å². The highest BCUT2D eigenvalue weighted by molar-refractivity contribution is 7.81. The Morgan fingerprint density at radius 3 is 1.36 bits per heavy atom. The zero-order valence-electron chi connectivity index (χ0n) is 25.5. The van der Waals surface area contributed by atoms with Crippen LogP contribution in [-0.2, 0) is 47.2 Å². The molecule has 0 saturated carbocycles. The molecule has 1 aliphatic rings. The van der Waals surface area contributed by atoms with Crippen LogP contribution in [0.5, 0.6) is 0 Å². The molecule has 0 aromatic heterocycles. The van der Waals surface area contributed by atoms with Crippen LogP contribution < -0.4 is 0 Å². The van der Waals surface area contributed by atoms with Gasteiger partial charge >= 0.3 is 11.9 Å². The molecule has 234 valence electrons. The number of hydrogen-bond donors (Lipinski definition) is 2. The zero-order valence-corrected chi connectivity index (χ0v) is 27.3. The van der Waals surface area contributed by atoms with Gasteiger partial charge in [0.15, 0.2) is 13.6 Å². The summed E-state index contributed by atoms with van der Waals surface area (Å²) in [6, 6.07) is 34.0. The molecular formula is C37H38O6S2. The Hall–Kier alpha value is -3.56. The quantitative estimate of drug-likeness (QED) is 0.0566. The summed E-state index contributed by atoms with van der Waals surface area (Å²) in [5.41, 5.74) is 8.53. The van der Waals surface area contributed by atoms with Crippen molar-refractivity contribution in [3.05, 3.63) is 130 Å². The molecule has 1 aliphatic carbocycles. The van der Waals surface area contributed by atoms with Crippen molar-refractivity contribution in [2.75, 3.05) is 13.6 Å². The largest absolute Gasteiger partial charge is 0.438 e. The molecule has 0 bridgehead atoms. The van der Waals surface area contributed by atoms with Gasteiger partial charge in [0.1, 0.15) is 0 Å². The average molecular weight is 643 g/mol. The number of carbonyl (C=O) groups is 2. The van der Waals surface area contributed by atoms with Crippen LogP contribution >= 0.6 is 25.3 Å². The average Bonchev–Trinajstić information content (AvgIpc) is 3.33. The Kier molecular flexibility index (Phi) is 11.0. The van der Waals surface area contributed by atoms with Crippen LogP contribution in [0.2, 0.25) is 0 Å². The second-order valence-corrected chi connectivity index (χ2v) is 13.1. The molecule has 0 aliphatic heterocycles. The first kappa shape index (κ1) is 32.8. The molecule has 6 nitrogen and oxygen atoms in total. The van der Waals surface area contributed by atoms with Crippen LogP contribution in [0.4, 0.5) is 0 Å². The summed E-state index contributed by atoms with van der Waals surface area (Å²) in [5.74, 6) is -0.651. The van der Waals surface area contributed by atoms with Crippen LogP contribution in [-0.4, -0.2) is 36.0 Å². The number of hydrogen-bond acceptors (Lipinski definition) is 8. The molecule has 0 N–H and O–H groups in total. The fourth-order valence-electron chi connectivity index (χ4n) is 5.86. The maximum Gasteiger partial charge on any atom is 0.308 e. The first-order valence-electron chi connectivity index (χ1n) is 15.0. The summed E-state index contributed by atoms with van der Waals surface area (Å²) in [7, 11) is 0. The highest BCUT2D eigenvalue weighted by Crippen LogP contribution is 2.55. The fraction of sp³-hybridized carbons (Fsp3) is 0.297. The molecule has 0 heterocycles. The highest BCUT2D eigenvalue weighted by Gasteiger charge is 2.45. The second-order valence-electron chi connectivity index (χ2n) is 11.3. The van der Waals surface area contributed by atoms with Gasteiger partial charge in [-0.25, -0.2) is 0 Å². The van der Waals surface area contributed by atoms with E-state index in [1.54, 1.807) is 0 Å². The van der Waals surface area contributed by atoms with Crippen LogP contribution in [0, 0.1) is 0 Å². The number of ether oxygens (including phenoxy) is 4. The van der Waals surface area contributed by atoms with E-state index >= 15 is 0 Å². The minimum atomic E-state index is -0.538. The van der Waals surface area contributed by atoms with E-state index in [-0.39, 0.29) is 48.9 Å². The van der Waals surface area contributed by atoms with Gasteiger partial charge in [0.2, 0.25) is 0 Å². The molecule has 0 spiro atoms. The lowest BCUT2D eigenvalue weighted by atomic mass is 9.67. The third kappa shape index (κ3) is 7.64. The van der Waals surface area contributed by atoms with Gasteiger partial charge in [-0.2, -0.15) is 25.3 Å². The molecule has 0 radical (unpaired) electrons. The molecule has 4 aromatic carbocycles. The standard InChI is InChI=1S/C37H38O6S2/c1-25(44)19-35(38)42-23-40-21-27-11-15-29(16-12-27)37(33-9-5-3-7-31(33)32-8-4-6-10-34(32)37)30-17-13-28(14-18-30)22-41-24-43-36(39)20-26(2)45/h3-18,25-26,44-45H,19-24H2,1-2H3. The second kappa shape index (κ2) is 15.1. The van der Waals surface area contributed by atoms with Crippen LogP contribution in [0.25, 0.3) is 11.1 Å². The number of benzene rings is 4. The molecule has 0 fully saturated rings. The van der Waals surface area contributed by atoms with Gasteiger partial charge in [0.05, 0.1) is 31.5 Å². The van der Waals surface area contributed by atoms with Crippen molar-refractivity contribution in [2.45, 2.75) is 55.8 Å². The summed E-state index contributed by atoms with van der Waals surface area (Å²) in [4.78, 5) is 23.6. The Morgan fingerprint density at radius 2 is 0.978 bits per heavy atom. The summed E-state index contributed by atoms with van der Waals surface area (Å²) in [5, 5.41) is -0.118. The molecule has 2 atom stereocenters. The molecule has 2 unspecified atom stereocenters. The van der Waals surface area contributed by atoms with E-state index in [2.05, 4.69) is 122 Å². The summed E-state index contributed by atoms with van der Waals surface area (Å²) in [6.45, 7) is 4.14. The van der Waals surface area contributed by atoms with Crippen molar-refractivity contribution in [3.8, 4) is 11.1 Å². The van der Waals surface area contributed by atoms with Gasteiger partial charge in [-0.1, -0.05) is 111 Å². The SMILES string of the molecule is CC(S)CC(=O)OCOCc1ccc(C2(c3ccc(COCOC(=O)CC(C)S)cc3)c3ccccc3-c3ccccc32)cc1. The number of carbonyl (C=O) groups excluding carboxylic acids is 2. The van der Waals surface area contributed by atoms with Crippen molar-refractivity contribution in [1.82, 2.24) is 0 Å². The first-order chi connectivity index (χ1) is 21.8. The summed E-state index contributed by atoms with van der Waals surface area (Å²) in [6.07, 6.45) is 0.484. The van der Waals surface area contributed by atoms with Gasteiger partial charge in [-0.05, 0) is 44.5 Å². The predicted octanol–water partition coefficient (Wildman–Crippen LogP) is 7.50. The van der Waals surface area contributed by atoms with Crippen LogP contribution in [0.15, 0.2) is 97.1 Å². The summed E-state index contributed by atoms with van der Waals surface area (Å²) >= 11 is 8.45. The smallest absolute Gasteiger partial charge is 0.308 e. The normalized spacial score (nSPS) is 14.2. The van der Waals surface area contributed by atoms with Crippen LogP contribution in [0.1, 0.15) is 60.1 Å². The van der Waals surface area contributed by atoms with Gasteiger partial charge in [0.25, 0.3) is 0 Å². The topological polar surface area (TPSA) is 71.1 Å². The molecule has 8 heteroatoms. The van der Waals surface area contributed by atoms with Gasteiger partial charge in [0, 0.05) is 10.5 Å². The van der Waals surface area contributed by atoms with E-state index in [1.807, 2.05) is 13.8 Å². The number of thiol groups is 2. The van der Waals surface area contributed by atoms with Crippen molar-refractivity contribution in [2.24, 2.45) is 0 Å². The molecule has 5 rings (SSSR count). The Labute approximate surface area is 275 Å². The number of fused-ring (bicyclic) bond motifs is 3. The zero-order chi connectivity index (χ0) is 31.8. The van der Waals surface area contributed by atoms with Crippen molar-refractivity contribution < 1.29 is 28.5 Å². The third-order valence-electron chi connectivity index (χ3n) is 7.79. The van der Waals surface area contributed by atoms with Gasteiger partial charge in [-0.3, -0.25) is 9.59 Å². The Balaban J connectivity index is 1.39. The maximum atomic E-state index is 11.8. The monoisotopic (exact) mass is 642 g/mol. The van der Waals surface area contributed by atoms with Crippen molar-refractivity contribution >= 4 is 37.2 Å². The highest BCUT2D eigenvalue weighted by atomic mass is 32.1. The van der Waals surface area contributed by atoms with E-state index in [0.29, 0.717) is 13.2 Å². The Bertz CT molecular complexity index is 1480. The molecule has 0 amide bonds. The fourth-order valence-corrected chi connectivity index (χ4v) is 6.16. The van der Waals surface area contributed by atoms with E-state index in [4.69, 9.17) is 18.9 Å². The van der Waals surface area contributed by atoms with Gasteiger partial charge in [-0.15, -0.1) is 0 Å². The molecule has 0 saturated heterocycles. The lowest BCUT2D eigenvalue weighted by molar-refractivity contribution is -0.158. The minimum Gasteiger partial charge on any atom is -0.438 e. The van der Waals surface area contributed by atoms with Crippen molar-refractivity contribution in [1.29, 1.82) is 0 Å². The lowest BCUT2D eigenvalue weighted by Crippen LogP contribution is -2.28. The third-order valence-corrected chi connectivity index (χ3v) is 8.16.